The zero-order valence-electron chi connectivity index (χ0n) is 23.0. The molecular formula is C28H42N2O6S2. The zero-order valence-corrected chi connectivity index (χ0v) is 24.6. The Balaban J connectivity index is 2.61. The lowest BCUT2D eigenvalue weighted by Gasteiger charge is -2.20. The van der Waals surface area contributed by atoms with Gasteiger partial charge < -0.3 is 20.1 Å². The van der Waals surface area contributed by atoms with Crippen LogP contribution in [0.15, 0.2) is 58.6 Å². The first-order valence-corrected chi connectivity index (χ1v) is 16.7. The van der Waals surface area contributed by atoms with E-state index in [0.29, 0.717) is 36.1 Å². The zero-order chi connectivity index (χ0) is 28.0. The van der Waals surface area contributed by atoms with Crippen LogP contribution < -0.4 is 20.1 Å². The van der Waals surface area contributed by atoms with Gasteiger partial charge in [-0.15, -0.1) is 0 Å². The Kier molecular flexibility index (Phi) is 13.0. The van der Waals surface area contributed by atoms with Gasteiger partial charge >= 0.3 is 0 Å². The topological polar surface area (TPSA) is 111 Å². The highest BCUT2D eigenvalue weighted by Crippen LogP contribution is 2.28. The molecule has 212 valence electrons. The van der Waals surface area contributed by atoms with E-state index in [2.05, 4.69) is 24.5 Å². The van der Waals surface area contributed by atoms with Crippen molar-refractivity contribution in [3.63, 3.8) is 0 Å². The number of ether oxygens (including phenoxy) is 2. The minimum absolute atomic E-state index is 0.122. The van der Waals surface area contributed by atoms with Gasteiger partial charge in [-0.2, -0.15) is 0 Å². The number of unbranched alkanes of at least 4 members (excludes halogenated alkanes) is 2. The Bertz CT molecular complexity index is 1160. The number of anilines is 2. The van der Waals surface area contributed by atoms with Gasteiger partial charge in [0.05, 0.1) is 24.7 Å². The first-order valence-electron chi connectivity index (χ1n) is 13.4. The molecule has 10 heteroatoms. The van der Waals surface area contributed by atoms with Crippen LogP contribution in [-0.4, -0.2) is 41.6 Å². The number of nitrogens with one attached hydrogen (secondary N) is 2. The third-order valence-electron chi connectivity index (χ3n) is 5.45. The van der Waals surface area contributed by atoms with Gasteiger partial charge in [-0.1, -0.05) is 52.7 Å². The Hall–Kier alpha value is -2.72. The summed E-state index contributed by atoms with van der Waals surface area (Å²) in [4.78, 5) is 0. The number of rotatable bonds is 18. The minimum atomic E-state index is -4.14. The first-order chi connectivity index (χ1) is 18.2. The van der Waals surface area contributed by atoms with Crippen LogP contribution >= 0.6 is 0 Å². The molecule has 8 nitrogen and oxygen atoms in total. The van der Waals surface area contributed by atoms with Crippen molar-refractivity contribution < 1.29 is 26.3 Å². The van der Waals surface area contributed by atoms with Crippen molar-refractivity contribution >= 4 is 31.0 Å². The predicted molar refractivity (Wildman–Crippen MR) is 156 cm³/mol. The van der Waals surface area contributed by atoms with Crippen LogP contribution in [0, 0.1) is 0 Å². The molecule has 2 aromatic rings. The molecule has 0 atom stereocenters. The first kappa shape index (κ1) is 31.5. The van der Waals surface area contributed by atoms with Crippen molar-refractivity contribution in [1.82, 2.24) is 0 Å². The molecule has 2 N–H and O–H groups in total. The van der Waals surface area contributed by atoms with Crippen molar-refractivity contribution in [3.05, 3.63) is 58.6 Å². The summed E-state index contributed by atoms with van der Waals surface area (Å²) in [6.45, 7) is 8.65. The van der Waals surface area contributed by atoms with Crippen LogP contribution in [0.25, 0.3) is 0 Å². The molecule has 2 rings (SSSR count). The van der Waals surface area contributed by atoms with E-state index >= 15 is 0 Å². The van der Waals surface area contributed by atoms with E-state index in [4.69, 9.17) is 9.47 Å². The van der Waals surface area contributed by atoms with E-state index in [1.807, 2.05) is 0 Å². The Morgan fingerprint density at radius 1 is 0.658 bits per heavy atom. The molecule has 0 bridgehead atoms. The molecule has 0 saturated carbocycles. The molecule has 0 spiro atoms. The maximum atomic E-state index is 13.4. The molecule has 0 aliphatic carbocycles. The average Bonchev–Trinajstić information content (AvgIpc) is 2.84. The summed E-state index contributed by atoms with van der Waals surface area (Å²) in [6, 6.07) is 14.0. The van der Waals surface area contributed by atoms with Gasteiger partial charge in [0, 0.05) is 23.5 Å². The van der Waals surface area contributed by atoms with Gasteiger partial charge in [0.25, 0.3) is 0 Å². The van der Waals surface area contributed by atoms with Gasteiger partial charge in [0.2, 0.25) is 0 Å². The molecule has 0 saturated heterocycles. The number of hydrogen-bond donors (Lipinski definition) is 2. The summed E-state index contributed by atoms with van der Waals surface area (Å²) in [6.07, 6.45) is 4.34. The number of sulfone groups is 2. The molecule has 0 fully saturated rings. The fraction of sp³-hybridized carbons (Fsp3) is 0.500. The van der Waals surface area contributed by atoms with E-state index in [-0.39, 0.29) is 30.2 Å². The maximum Gasteiger partial charge on any atom is 0.199 e. The molecule has 2 aromatic carbocycles. The van der Waals surface area contributed by atoms with E-state index in [9.17, 15) is 16.8 Å². The fourth-order valence-electron chi connectivity index (χ4n) is 3.65. The Labute approximate surface area is 228 Å². The molecule has 0 radical (unpaired) electrons. The number of benzene rings is 2. The van der Waals surface area contributed by atoms with Crippen molar-refractivity contribution in [2.24, 2.45) is 0 Å². The normalized spacial score (nSPS) is 11.6. The third kappa shape index (κ3) is 9.87. The summed E-state index contributed by atoms with van der Waals surface area (Å²) in [5.74, 6) is 0.493. The lowest BCUT2D eigenvalue weighted by Crippen LogP contribution is -2.26. The van der Waals surface area contributed by atoms with Crippen LogP contribution in [0.5, 0.6) is 11.5 Å². The monoisotopic (exact) mass is 566 g/mol. The molecule has 0 unspecified atom stereocenters. The van der Waals surface area contributed by atoms with Crippen molar-refractivity contribution in [2.45, 2.75) is 66.2 Å². The van der Waals surface area contributed by atoms with Crippen LogP contribution in [0.3, 0.4) is 0 Å². The molecular weight excluding hydrogens is 524 g/mol. The molecule has 0 aromatic heterocycles. The summed E-state index contributed by atoms with van der Waals surface area (Å²) in [7, 11) is -8.29. The average molecular weight is 567 g/mol. The standard InChI is InChI=1S/C28H42N2O6S2/c1-5-9-17-35-25-15-11-13-23(21-25)29-27(28(37(31,32)19-7-3)38(33,34)20-8-4)30-24-14-12-16-26(22-24)36-18-10-6-2/h11-16,21-22,29-30H,5-10,17-20H2,1-4H3. The van der Waals surface area contributed by atoms with E-state index in [1.165, 1.54) is 0 Å². The van der Waals surface area contributed by atoms with Crippen LogP contribution in [0.4, 0.5) is 11.4 Å². The minimum Gasteiger partial charge on any atom is -0.494 e. The summed E-state index contributed by atoms with van der Waals surface area (Å²) in [5, 5.41) is 6.10. The fourth-order valence-corrected chi connectivity index (χ4v) is 7.96. The predicted octanol–water partition coefficient (Wildman–Crippen LogP) is 6.34. The smallest absolute Gasteiger partial charge is 0.199 e. The largest absolute Gasteiger partial charge is 0.494 e. The SMILES string of the molecule is CCCCOc1cccc(NC(Nc2cccc(OCCCC)c2)=C(S(=O)(=O)CCC)S(=O)(=O)CCC)c1. The molecule has 38 heavy (non-hydrogen) atoms. The lowest BCUT2D eigenvalue weighted by atomic mass is 10.3. The highest BCUT2D eigenvalue weighted by atomic mass is 32.3. The number of hydrogen-bond acceptors (Lipinski definition) is 8. The van der Waals surface area contributed by atoms with Crippen molar-refractivity contribution in [1.29, 1.82) is 0 Å². The van der Waals surface area contributed by atoms with Crippen molar-refractivity contribution in [3.8, 4) is 11.5 Å². The van der Waals surface area contributed by atoms with E-state index in [0.717, 1.165) is 25.7 Å². The van der Waals surface area contributed by atoms with Gasteiger partial charge in [0.15, 0.2) is 23.9 Å². The quantitative estimate of drug-likeness (QED) is 0.201. The van der Waals surface area contributed by atoms with Crippen LogP contribution in [0.2, 0.25) is 0 Å². The second-order valence-electron chi connectivity index (χ2n) is 9.01. The van der Waals surface area contributed by atoms with Crippen LogP contribution in [-0.2, 0) is 19.7 Å². The summed E-state index contributed by atoms with van der Waals surface area (Å²) in [5.41, 5.74) is 0.987. The second kappa shape index (κ2) is 15.6. The molecule has 0 heterocycles. The van der Waals surface area contributed by atoms with E-state index < -0.39 is 23.9 Å². The maximum absolute atomic E-state index is 13.4. The Morgan fingerprint density at radius 3 is 1.45 bits per heavy atom. The summed E-state index contributed by atoms with van der Waals surface area (Å²) < 4.78 is 64.5. The third-order valence-corrected chi connectivity index (χ3v) is 10.4. The highest BCUT2D eigenvalue weighted by Gasteiger charge is 2.34. The lowest BCUT2D eigenvalue weighted by molar-refractivity contribution is 0.309. The summed E-state index contributed by atoms with van der Waals surface area (Å²) >= 11 is 0. The van der Waals surface area contributed by atoms with Crippen LogP contribution in [0.1, 0.15) is 66.2 Å². The van der Waals surface area contributed by atoms with Crippen molar-refractivity contribution in [2.75, 3.05) is 35.4 Å². The highest BCUT2D eigenvalue weighted by molar-refractivity contribution is 8.14. The van der Waals surface area contributed by atoms with Gasteiger partial charge in [-0.3, -0.25) is 0 Å². The van der Waals surface area contributed by atoms with Gasteiger partial charge in [0.1, 0.15) is 17.3 Å². The molecule has 0 aliphatic rings. The molecule has 0 aliphatic heterocycles. The van der Waals surface area contributed by atoms with Gasteiger partial charge in [-0.05, 0) is 49.9 Å². The molecule has 0 amide bonds. The van der Waals surface area contributed by atoms with E-state index in [1.54, 1.807) is 62.4 Å². The van der Waals surface area contributed by atoms with Gasteiger partial charge in [-0.25, -0.2) is 16.8 Å². The second-order valence-corrected chi connectivity index (χ2v) is 13.4. The Morgan fingerprint density at radius 2 is 1.08 bits per heavy atom.